The molecule has 1 aliphatic rings. The van der Waals surface area contributed by atoms with Gasteiger partial charge in [-0.2, -0.15) is 5.10 Å². The average Bonchev–Trinajstić information content (AvgIpc) is 2.39. The molecule has 2 rings (SSSR count). The maximum absolute atomic E-state index is 11.4. The standard InChI is InChI=1S/C13H18N4O3/c1-8-5-12(19)16-13(15-8)17-14-7-9-3-4-10(18)11(6-9)20-2/h3-4,6-8,13,15,17-18H,5H2,1-2H3,(H,16,19)/b14-7+. The zero-order chi connectivity index (χ0) is 14.5. The van der Waals surface area contributed by atoms with Crippen LogP contribution in [-0.4, -0.2) is 36.7 Å². The number of amides is 1. The molecule has 2 unspecified atom stereocenters. The molecule has 1 heterocycles. The highest BCUT2D eigenvalue weighted by Crippen LogP contribution is 2.25. The predicted molar refractivity (Wildman–Crippen MR) is 74.5 cm³/mol. The SMILES string of the molecule is COc1cc(/C=N/NC2NC(=O)CC(C)N2)ccc1O. The molecule has 0 bridgehead atoms. The van der Waals surface area contributed by atoms with Gasteiger partial charge in [0.2, 0.25) is 5.91 Å². The Hall–Kier alpha value is -2.28. The number of nitrogens with zero attached hydrogens (tertiary/aromatic N) is 1. The van der Waals surface area contributed by atoms with Crippen LogP contribution in [0.5, 0.6) is 11.5 Å². The molecule has 1 amide bonds. The molecular formula is C13H18N4O3. The van der Waals surface area contributed by atoms with Crippen molar-refractivity contribution in [2.75, 3.05) is 7.11 Å². The molecule has 2 atom stereocenters. The number of rotatable bonds is 4. The Morgan fingerprint density at radius 1 is 1.55 bits per heavy atom. The van der Waals surface area contributed by atoms with Gasteiger partial charge in [-0.1, -0.05) is 0 Å². The Bertz CT molecular complexity index is 518. The van der Waals surface area contributed by atoms with E-state index in [0.29, 0.717) is 12.2 Å². The Labute approximate surface area is 117 Å². The Morgan fingerprint density at radius 3 is 3.05 bits per heavy atom. The molecular weight excluding hydrogens is 260 g/mol. The van der Waals surface area contributed by atoms with Gasteiger partial charge in [0.05, 0.1) is 13.3 Å². The first-order chi connectivity index (χ1) is 9.58. The van der Waals surface area contributed by atoms with Gasteiger partial charge in [-0.25, -0.2) is 0 Å². The van der Waals surface area contributed by atoms with E-state index in [1.54, 1.807) is 18.3 Å². The quantitative estimate of drug-likeness (QED) is 0.463. The van der Waals surface area contributed by atoms with Crippen LogP contribution in [0.3, 0.4) is 0 Å². The van der Waals surface area contributed by atoms with Crippen molar-refractivity contribution in [2.45, 2.75) is 25.7 Å². The van der Waals surface area contributed by atoms with Crippen molar-refractivity contribution in [1.29, 1.82) is 0 Å². The van der Waals surface area contributed by atoms with Crippen LogP contribution < -0.4 is 20.8 Å². The summed E-state index contributed by atoms with van der Waals surface area (Å²) in [4.78, 5) is 11.4. The van der Waals surface area contributed by atoms with Gasteiger partial charge < -0.3 is 15.2 Å². The molecule has 7 nitrogen and oxygen atoms in total. The van der Waals surface area contributed by atoms with Gasteiger partial charge in [0.15, 0.2) is 17.8 Å². The van der Waals surface area contributed by atoms with Crippen molar-refractivity contribution in [3.05, 3.63) is 23.8 Å². The summed E-state index contributed by atoms with van der Waals surface area (Å²) in [5.74, 6) is 0.439. The van der Waals surface area contributed by atoms with Gasteiger partial charge in [-0.15, -0.1) is 0 Å². The van der Waals surface area contributed by atoms with Crippen molar-refractivity contribution in [3.63, 3.8) is 0 Å². The zero-order valence-electron chi connectivity index (χ0n) is 11.4. The number of carbonyl (C=O) groups is 1. The van der Waals surface area contributed by atoms with Crippen LogP contribution in [0, 0.1) is 0 Å². The highest BCUT2D eigenvalue weighted by molar-refractivity contribution is 5.81. The van der Waals surface area contributed by atoms with Crippen molar-refractivity contribution >= 4 is 12.1 Å². The molecule has 1 aliphatic heterocycles. The summed E-state index contributed by atoms with van der Waals surface area (Å²) < 4.78 is 5.01. The highest BCUT2D eigenvalue weighted by Gasteiger charge is 2.21. The lowest BCUT2D eigenvalue weighted by Gasteiger charge is -2.28. The number of hydrogen-bond donors (Lipinski definition) is 4. The second kappa shape index (κ2) is 6.25. The molecule has 1 fully saturated rings. The second-order valence-electron chi connectivity index (χ2n) is 4.59. The number of methoxy groups -OCH3 is 1. The van der Waals surface area contributed by atoms with E-state index < -0.39 is 0 Å². The summed E-state index contributed by atoms with van der Waals surface area (Å²) in [5.41, 5.74) is 3.57. The highest BCUT2D eigenvalue weighted by atomic mass is 16.5. The Kier molecular flexibility index (Phi) is 4.41. The van der Waals surface area contributed by atoms with Gasteiger partial charge in [-0.3, -0.25) is 15.5 Å². The van der Waals surface area contributed by atoms with E-state index in [1.807, 2.05) is 6.92 Å². The molecule has 0 spiro atoms. The first kappa shape index (κ1) is 14.1. The van der Waals surface area contributed by atoms with Gasteiger partial charge in [0.25, 0.3) is 0 Å². The van der Waals surface area contributed by atoms with E-state index in [9.17, 15) is 9.90 Å². The van der Waals surface area contributed by atoms with Crippen molar-refractivity contribution in [1.82, 2.24) is 16.1 Å². The van der Waals surface area contributed by atoms with Crippen molar-refractivity contribution < 1.29 is 14.6 Å². The van der Waals surface area contributed by atoms with E-state index in [2.05, 4.69) is 21.2 Å². The molecule has 108 valence electrons. The average molecular weight is 278 g/mol. The minimum absolute atomic E-state index is 0.0183. The number of hydrazone groups is 1. The summed E-state index contributed by atoms with van der Waals surface area (Å²) >= 11 is 0. The lowest BCUT2D eigenvalue weighted by atomic mass is 10.2. The smallest absolute Gasteiger partial charge is 0.224 e. The Morgan fingerprint density at radius 2 is 2.35 bits per heavy atom. The first-order valence-electron chi connectivity index (χ1n) is 6.29. The van der Waals surface area contributed by atoms with E-state index in [0.717, 1.165) is 5.56 Å². The fourth-order valence-electron chi connectivity index (χ4n) is 1.91. The fraction of sp³-hybridized carbons (Fsp3) is 0.385. The monoisotopic (exact) mass is 278 g/mol. The first-order valence-corrected chi connectivity index (χ1v) is 6.29. The zero-order valence-corrected chi connectivity index (χ0v) is 11.4. The number of phenols is 1. The van der Waals surface area contributed by atoms with E-state index in [1.165, 1.54) is 13.2 Å². The summed E-state index contributed by atoms with van der Waals surface area (Å²) in [5, 5.41) is 19.4. The number of nitrogens with one attached hydrogen (secondary N) is 3. The lowest BCUT2D eigenvalue weighted by molar-refractivity contribution is -0.124. The van der Waals surface area contributed by atoms with Crippen LogP contribution >= 0.6 is 0 Å². The third kappa shape index (κ3) is 3.61. The van der Waals surface area contributed by atoms with Crippen molar-refractivity contribution in [2.24, 2.45) is 5.10 Å². The molecule has 1 saturated heterocycles. The molecule has 0 saturated carbocycles. The molecule has 20 heavy (non-hydrogen) atoms. The molecule has 1 aromatic rings. The summed E-state index contributed by atoms with van der Waals surface area (Å²) in [6.45, 7) is 1.93. The van der Waals surface area contributed by atoms with E-state index in [-0.39, 0.29) is 24.0 Å². The number of hydrogen-bond acceptors (Lipinski definition) is 6. The lowest BCUT2D eigenvalue weighted by Crippen LogP contribution is -2.60. The summed E-state index contributed by atoms with van der Waals surface area (Å²) in [6.07, 6.45) is 1.65. The number of benzene rings is 1. The third-order valence-electron chi connectivity index (χ3n) is 2.87. The topological polar surface area (TPSA) is 95.0 Å². The molecule has 4 N–H and O–H groups in total. The van der Waals surface area contributed by atoms with E-state index in [4.69, 9.17) is 4.74 Å². The molecule has 7 heteroatoms. The van der Waals surface area contributed by atoms with Crippen LogP contribution in [-0.2, 0) is 4.79 Å². The number of phenolic OH excluding ortho intramolecular Hbond substituents is 1. The third-order valence-corrected chi connectivity index (χ3v) is 2.87. The number of carbonyl (C=O) groups excluding carboxylic acids is 1. The molecule has 0 aliphatic carbocycles. The largest absolute Gasteiger partial charge is 0.504 e. The summed E-state index contributed by atoms with van der Waals surface area (Å²) in [7, 11) is 1.48. The van der Waals surface area contributed by atoms with Gasteiger partial charge in [-0.05, 0) is 30.7 Å². The van der Waals surface area contributed by atoms with Crippen LogP contribution in [0.4, 0.5) is 0 Å². The maximum Gasteiger partial charge on any atom is 0.224 e. The second-order valence-corrected chi connectivity index (χ2v) is 4.59. The minimum atomic E-state index is -0.387. The molecule has 0 radical (unpaired) electrons. The van der Waals surface area contributed by atoms with Gasteiger partial charge >= 0.3 is 0 Å². The normalized spacial score (nSPS) is 22.6. The molecule has 1 aromatic carbocycles. The maximum atomic E-state index is 11.4. The van der Waals surface area contributed by atoms with Crippen molar-refractivity contribution in [3.8, 4) is 11.5 Å². The summed E-state index contributed by atoms with van der Waals surface area (Å²) in [6, 6.07) is 5.00. The van der Waals surface area contributed by atoms with Crippen LogP contribution in [0.15, 0.2) is 23.3 Å². The van der Waals surface area contributed by atoms with Crippen LogP contribution in [0.1, 0.15) is 18.9 Å². The molecule has 0 aromatic heterocycles. The van der Waals surface area contributed by atoms with Gasteiger partial charge in [0, 0.05) is 12.5 Å². The number of ether oxygens (including phenoxy) is 1. The minimum Gasteiger partial charge on any atom is -0.504 e. The van der Waals surface area contributed by atoms with Crippen LogP contribution in [0.2, 0.25) is 0 Å². The van der Waals surface area contributed by atoms with E-state index >= 15 is 0 Å². The Balaban J connectivity index is 1.94. The fourth-order valence-corrected chi connectivity index (χ4v) is 1.91. The van der Waals surface area contributed by atoms with Gasteiger partial charge in [0.1, 0.15) is 0 Å². The number of aromatic hydroxyl groups is 1. The predicted octanol–water partition coefficient (Wildman–Crippen LogP) is 0.106. The van der Waals surface area contributed by atoms with Crippen LogP contribution in [0.25, 0.3) is 0 Å².